The zero-order chi connectivity index (χ0) is 13.8. The van der Waals surface area contributed by atoms with Gasteiger partial charge in [0.05, 0.1) is 7.11 Å². The Balaban J connectivity index is 3.16. The SMILES string of the molecule is COC(=O)[C@](Nc1ccccn1)(OC)C(F)(F)F. The molecular weight excluding hydrogens is 253 g/mol. The maximum atomic E-state index is 13.0. The highest BCUT2D eigenvalue weighted by molar-refractivity contribution is 5.83. The molecule has 1 aromatic heterocycles. The third-order valence-electron chi connectivity index (χ3n) is 2.15. The molecular formula is C10H11F3N2O3. The van der Waals surface area contributed by atoms with Crippen molar-refractivity contribution in [2.24, 2.45) is 0 Å². The van der Waals surface area contributed by atoms with Crippen molar-refractivity contribution in [3.05, 3.63) is 24.4 Å². The van der Waals surface area contributed by atoms with Crippen LogP contribution in [0.15, 0.2) is 24.4 Å². The summed E-state index contributed by atoms with van der Waals surface area (Å²) in [4.78, 5) is 15.0. The van der Waals surface area contributed by atoms with Gasteiger partial charge < -0.3 is 14.8 Å². The Labute approximate surface area is 101 Å². The summed E-state index contributed by atoms with van der Waals surface area (Å²) in [6.45, 7) is 0. The number of aromatic nitrogens is 1. The molecule has 1 atom stereocenters. The number of methoxy groups -OCH3 is 2. The molecule has 0 saturated carbocycles. The monoisotopic (exact) mass is 264 g/mol. The first-order chi connectivity index (χ1) is 8.37. The smallest absolute Gasteiger partial charge is 0.448 e. The molecule has 1 N–H and O–H groups in total. The van der Waals surface area contributed by atoms with Gasteiger partial charge in [-0.25, -0.2) is 9.78 Å². The van der Waals surface area contributed by atoms with Gasteiger partial charge in [-0.3, -0.25) is 0 Å². The van der Waals surface area contributed by atoms with E-state index in [9.17, 15) is 18.0 Å². The molecule has 5 nitrogen and oxygen atoms in total. The van der Waals surface area contributed by atoms with Crippen molar-refractivity contribution in [3.63, 3.8) is 0 Å². The van der Waals surface area contributed by atoms with Crippen molar-refractivity contribution >= 4 is 11.8 Å². The minimum atomic E-state index is -5.01. The minimum Gasteiger partial charge on any atom is -0.465 e. The lowest BCUT2D eigenvalue weighted by atomic mass is 10.2. The van der Waals surface area contributed by atoms with Crippen LogP contribution in [0.5, 0.6) is 0 Å². The average Bonchev–Trinajstić information content (AvgIpc) is 2.34. The topological polar surface area (TPSA) is 60.5 Å². The Morgan fingerprint density at radius 3 is 2.39 bits per heavy atom. The van der Waals surface area contributed by atoms with E-state index in [2.05, 4.69) is 14.5 Å². The van der Waals surface area contributed by atoms with Gasteiger partial charge in [-0.2, -0.15) is 13.2 Å². The quantitative estimate of drug-likeness (QED) is 0.660. The predicted molar refractivity (Wildman–Crippen MR) is 55.7 cm³/mol. The largest absolute Gasteiger partial charge is 0.465 e. The van der Waals surface area contributed by atoms with Gasteiger partial charge in [-0.05, 0) is 12.1 Å². The lowest BCUT2D eigenvalue weighted by molar-refractivity contribution is -0.259. The summed E-state index contributed by atoms with van der Waals surface area (Å²) < 4.78 is 47.4. The number of halogens is 3. The minimum absolute atomic E-state index is 0.165. The third kappa shape index (κ3) is 2.53. The molecule has 0 spiro atoms. The summed E-state index contributed by atoms with van der Waals surface area (Å²) in [5, 5.41) is 1.90. The number of nitrogens with zero attached hydrogens (tertiary/aromatic N) is 1. The Hall–Kier alpha value is -1.83. The number of hydrogen-bond acceptors (Lipinski definition) is 5. The molecule has 1 rings (SSSR count). The fourth-order valence-corrected chi connectivity index (χ4v) is 1.25. The van der Waals surface area contributed by atoms with Crippen LogP contribution in [-0.2, 0) is 14.3 Å². The zero-order valence-electron chi connectivity index (χ0n) is 9.62. The summed E-state index contributed by atoms with van der Waals surface area (Å²) in [5.41, 5.74) is -3.28. The van der Waals surface area contributed by atoms with Crippen molar-refractivity contribution in [1.82, 2.24) is 4.98 Å². The van der Waals surface area contributed by atoms with Gasteiger partial charge in [0.2, 0.25) is 0 Å². The summed E-state index contributed by atoms with van der Waals surface area (Å²) in [6.07, 6.45) is -3.73. The van der Waals surface area contributed by atoms with Crippen molar-refractivity contribution in [2.45, 2.75) is 11.9 Å². The second-order valence-corrected chi connectivity index (χ2v) is 3.21. The molecule has 0 amide bonds. The maximum absolute atomic E-state index is 13.0. The number of carbonyl (C=O) groups excluding carboxylic acids is 1. The van der Waals surface area contributed by atoms with Crippen LogP contribution in [0.4, 0.5) is 19.0 Å². The first kappa shape index (κ1) is 14.2. The molecule has 0 aliphatic rings. The normalized spacial score (nSPS) is 14.7. The van der Waals surface area contributed by atoms with Crippen LogP contribution >= 0.6 is 0 Å². The van der Waals surface area contributed by atoms with Crippen LogP contribution in [0.2, 0.25) is 0 Å². The number of alkyl halides is 3. The highest BCUT2D eigenvalue weighted by Gasteiger charge is 2.63. The first-order valence-corrected chi connectivity index (χ1v) is 4.77. The number of rotatable bonds is 4. The zero-order valence-corrected chi connectivity index (χ0v) is 9.62. The number of hydrogen-bond donors (Lipinski definition) is 1. The molecule has 100 valence electrons. The molecule has 0 aromatic carbocycles. The van der Waals surface area contributed by atoms with Gasteiger partial charge in [0.25, 0.3) is 0 Å². The van der Waals surface area contributed by atoms with E-state index in [4.69, 9.17) is 0 Å². The van der Waals surface area contributed by atoms with Crippen LogP contribution < -0.4 is 5.32 Å². The Bertz CT molecular complexity index is 411. The Morgan fingerprint density at radius 1 is 1.33 bits per heavy atom. The van der Waals surface area contributed by atoms with E-state index < -0.39 is 17.9 Å². The van der Waals surface area contributed by atoms with E-state index in [0.717, 1.165) is 14.2 Å². The Morgan fingerprint density at radius 2 is 2.00 bits per heavy atom. The molecule has 8 heteroatoms. The number of nitrogens with one attached hydrogen (secondary N) is 1. The summed E-state index contributed by atoms with van der Waals surface area (Å²) in [5.74, 6) is -1.77. The Kier molecular flexibility index (Phi) is 4.12. The summed E-state index contributed by atoms with van der Waals surface area (Å²) >= 11 is 0. The molecule has 1 heterocycles. The average molecular weight is 264 g/mol. The van der Waals surface area contributed by atoms with Gasteiger partial charge in [0.15, 0.2) is 0 Å². The van der Waals surface area contributed by atoms with Gasteiger partial charge in [-0.1, -0.05) is 6.07 Å². The molecule has 0 bridgehead atoms. The fourth-order valence-electron chi connectivity index (χ4n) is 1.25. The van der Waals surface area contributed by atoms with Crippen molar-refractivity contribution in [1.29, 1.82) is 0 Å². The van der Waals surface area contributed by atoms with Crippen LogP contribution in [0.3, 0.4) is 0 Å². The third-order valence-corrected chi connectivity index (χ3v) is 2.15. The number of anilines is 1. The molecule has 0 radical (unpaired) electrons. The van der Waals surface area contributed by atoms with Gasteiger partial charge in [-0.15, -0.1) is 0 Å². The van der Waals surface area contributed by atoms with E-state index in [0.29, 0.717) is 0 Å². The van der Waals surface area contributed by atoms with Crippen LogP contribution in [-0.4, -0.2) is 37.1 Å². The van der Waals surface area contributed by atoms with Crippen LogP contribution in [0.1, 0.15) is 0 Å². The van der Waals surface area contributed by atoms with E-state index in [-0.39, 0.29) is 5.82 Å². The molecule has 0 aliphatic heterocycles. The molecule has 0 aliphatic carbocycles. The molecule has 0 saturated heterocycles. The number of pyridine rings is 1. The second kappa shape index (κ2) is 5.21. The molecule has 0 unspecified atom stereocenters. The fraction of sp³-hybridized carbons (Fsp3) is 0.400. The summed E-state index contributed by atoms with van der Waals surface area (Å²) in [7, 11) is 1.59. The molecule has 18 heavy (non-hydrogen) atoms. The summed E-state index contributed by atoms with van der Waals surface area (Å²) in [6, 6.07) is 4.25. The van der Waals surface area contributed by atoms with E-state index in [1.54, 1.807) is 0 Å². The molecule has 1 aromatic rings. The predicted octanol–water partition coefficient (Wildman–Crippen LogP) is 1.57. The van der Waals surface area contributed by atoms with Crippen molar-refractivity contribution in [3.8, 4) is 0 Å². The van der Waals surface area contributed by atoms with E-state index >= 15 is 0 Å². The lowest BCUT2D eigenvalue weighted by Crippen LogP contribution is -2.60. The highest BCUT2D eigenvalue weighted by Crippen LogP contribution is 2.34. The van der Waals surface area contributed by atoms with Gasteiger partial charge in [0.1, 0.15) is 5.82 Å². The number of ether oxygens (including phenoxy) is 2. The first-order valence-electron chi connectivity index (χ1n) is 4.77. The lowest BCUT2D eigenvalue weighted by Gasteiger charge is -2.32. The van der Waals surface area contributed by atoms with Crippen molar-refractivity contribution < 1.29 is 27.4 Å². The van der Waals surface area contributed by atoms with Crippen LogP contribution in [0.25, 0.3) is 0 Å². The highest BCUT2D eigenvalue weighted by atomic mass is 19.4. The van der Waals surface area contributed by atoms with E-state index in [1.807, 2.05) is 5.32 Å². The van der Waals surface area contributed by atoms with Crippen LogP contribution in [0, 0.1) is 0 Å². The maximum Gasteiger partial charge on any atom is 0.448 e. The molecule has 0 fully saturated rings. The van der Waals surface area contributed by atoms with Gasteiger partial charge >= 0.3 is 17.9 Å². The standard InChI is InChI=1S/C10H11F3N2O3/c1-17-8(16)9(18-2,10(11,12)13)15-7-5-3-4-6-14-7/h3-6H,1-2H3,(H,14,15)/t9-/m0/s1. The number of carbonyl (C=O) groups is 1. The second-order valence-electron chi connectivity index (χ2n) is 3.21. The number of esters is 1. The van der Waals surface area contributed by atoms with E-state index in [1.165, 1.54) is 24.4 Å². The van der Waals surface area contributed by atoms with Crippen molar-refractivity contribution in [2.75, 3.05) is 19.5 Å². The van der Waals surface area contributed by atoms with Gasteiger partial charge in [0, 0.05) is 13.3 Å².